The molecule has 0 spiro atoms. The van der Waals surface area contributed by atoms with E-state index in [9.17, 15) is 0 Å². The van der Waals surface area contributed by atoms with E-state index >= 15 is 0 Å². The zero-order valence-electron chi connectivity index (χ0n) is 26.8. The number of alkyl halides is 14. The Balaban J connectivity index is -0.0000000349. The maximum atomic E-state index is 4.76. The molecule has 0 saturated carbocycles. The van der Waals surface area contributed by atoms with Crippen LogP contribution < -0.4 is 0 Å². The van der Waals surface area contributed by atoms with Crippen LogP contribution in [0.4, 0.5) is 0 Å². The molecule has 0 unspecified atom stereocenters. The zero-order chi connectivity index (χ0) is 35.6. The average Bonchev–Trinajstić information content (AvgIpc) is 2.94. The van der Waals surface area contributed by atoms with Crippen molar-refractivity contribution in [1.29, 1.82) is 0 Å². The third-order valence-corrected chi connectivity index (χ3v) is 3.62. The Bertz CT molecular complexity index is 179. The van der Waals surface area contributed by atoms with Crippen molar-refractivity contribution in [2.45, 2.75) is 138 Å². The van der Waals surface area contributed by atoms with E-state index in [4.69, 9.17) is 162 Å². The Hall–Kier alpha value is 4.06. The summed E-state index contributed by atoms with van der Waals surface area (Å²) in [6, 6.07) is 0. The Labute approximate surface area is 334 Å². The molecule has 0 amide bonds. The summed E-state index contributed by atoms with van der Waals surface area (Å²) in [6.07, 6.45) is 21.0. The van der Waals surface area contributed by atoms with Gasteiger partial charge in [-0.25, -0.2) is 0 Å². The minimum absolute atomic E-state index is 0.194. The molecule has 0 aromatic rings. The van der Waals surface area contributed by atoms with Crippen LogP contribution in [0.5, 0.6) is 0 Å². The summed E-state index contributed by atoms with van der Waals surface area (Å²) < 4.78 is 0. The first kappa shape index (κ1) is 71.9. The fourth-order valence-corrected chi connectivity index (χ4v) is 2.03. The summed E-state index contributed by atoms with van der Waals surface area (Å²) in [5, 5.41) is 1.36. The first-order valence-electron chi connectivity index (χ1n) is 14.0. The topological polar surface area (TPSA) is 0 Å². The molecule has 0 aromatic carbocycles. The van der Waals surface area contributed by atoms with Gasteiger partial charge in [-0.2, -0.15) is 0 Å². The number of hydrogen-bond donors (Lipinski definition) is 0. The van der Waals surface area contributed by atoms with Crippen LogP contribution in [0.3, 0.4) is 0 Å². The molecule has 272 valence electrons. The normalized spacial score (nSPS) is 7.71. The van der Waals surface area contributed by atoms with Gasteiger partial charge in [0.25, 0.3) is 0 Å². The monoisotopic (exact) mass is 888 g/mol. The van der Waals surface area contributed by atoms with Crippen LogP contribution in [0.2, 0.25) is 0 Å². The lowest BCUT2D eigenvalue weighted by molar-refractivity contribution is 0.656. The van der Waals surface area contributed by atoms with Gasteiger partial charge < -0.3 is 0 Å². The van der Waals surface area contributed by atoms with Gasteiger partial charge in [-0.1, -0.05) is 138 Å². The van der Waals surface area contributed by atoms with Crippen molar-refractivity contribution in [2.75, 3.05) is 37.4 Å². The van der Waals surface area contributed by atoms with Crippen LogP contribution in [0.1, 0.15) is 138 Å². The van der Waals surface area contributed by atoms with E-state index in [-0.39, 0.29) is 37.4 Å². The first-order chi connectivity index (χ1) is 20.1. The highest BCUT2D eigenvalue weighted by Gasteiger charge is 1.81. The smallest absolute Gasteiger partial charge is 0.0967 e. The summed E-state index contributed by atoms with van der Waals surface area (Å²) >= 11 is 66.7. The van der Waals surface area contributed by atoms with E-state index in [1.165, 1.54) is 96.3 Å². The fourth-order valence-electron chi connectivity index (χ4n) is 2.03. The third-order valence-electron chi connectivity index (χ3n) is 3.62. The molecule has 0 saturated heterocycles. The molecule has 0 radical (unpaired) electrons. The Morgan fingerprint density at radius 3 is 0.310 bits per heavy atom. The van der Waals surface area contributed by atoms with Crippen molar-refractivity contribution >= 4 is 162 Å². The molecule has 0 nitrogen and oxygen atoms in total. The van der Waals surface area contributed by atoms with Crippen molar-refractivity contribution in [2.24, 2.45) is 0 Å². The van der Waals surface area contributed by atoms with E-state index < -0.39 is 0 Å². The second-order valence-electron chi connectivity index (χ2n) is 6.89. The molecule has 0 bridgehead atoms. The third kappa shape index (κ3) is 317. The van der Waals surface area contributed by atoms with Crippen LogP contribution >= 0.6 is 162 Å². The van der Waals surface area contributed by atoms with Crippen LogP contribution in [0.25, 0.3) is 0 Å². The summed E-state index contributed by atoms with van der Waals surface area (Å²) in [7, 11) is 0. The van der Waals surface area contributed by atoms with Gasteiger partial charge in [-0.15, -0.1) is 162 Å². The Morgan fingerprint density at radius 2 is 0.262 bits per heavy atom. The van der Waals surface area contributed by atoms with E-state index in [2.05, 4.69) is 41.5 Å². The van der Waals surface area contributed by atoms with E-state index in [0.717, 1.165) is 0 Å². The highest BCUT2D eigenvalue weighted by molar-refractivity contribution is 6.42. The fraction of sp³-hybridized carbons (Fsp3) is 1.00. The SMILES string of the molecule is CCCCCCC.CCCCCCC.CCCCCCC.ClCCl.ClCCl.ClCCl.ClCCl.ClCCl.ClCCl.ClCCl. The van der Waals surface area contributed by atoms with Gasteiger partial charge >= 0.3 is 0 Å². The van der Waals surface area contributed by atoms with Crippen molar-refractivity contribution in [3.63, 3.8) is 0 Å². The second kappa shape index (κ2) is 129. The molecule has 0 atom stereocenters. The molecule has 0 rings (SSSR count). The molecular weight excluding hydrogens is 833 g/mol. The predicted octanol–water partition coefficient (Wildman–Crippen LogP) is 18.9. The zero-order valence-corrected chi connectivity index (χ0v) is 37.4. The van der Waals surface area contributed by atoms with Gasteiger partial charge in [0.1, 0.15) is 0 Å². The lowest BCUT2D eigenvalue weighted by atomic mass is 10.2. The standard InChI is InChI=1S/3C7H16.7CH2Cl2/c3*1-3-5-7-6-4-2;7*2-1-3/h3*3-7H2,1-2H3;7*1H2. The molecule has 42 heavy (non-hydrogen) atoms. The van der Waals surface area contributed by atoms with Crippen LogP contribution in [0.15, 0.2) is 0 Å². The van der Waals surface area contributed by atoms with Crippen molar-refractivity contribution in [3.05, 3.63) is 0 Å². The molecule has 0 aliphatic carbocycles. The van der Waals surface area contributed by atoms with Gasteiger partial charge in [0, 0.05) is 0 Å². The van der Waals surface area contributed by atoms with Gasteiger partial charge in [-0.05, 0) is 0 Å². The van der Waals surface area contributed by atoms with Crippen molar-refractivity contribution in [3.8, 4) is 0 Å². The van der Waals surface area contributed by atoms with Gasteiger partial charge in [0.05, 0.1) is 37.4 Å². The largest absolute Gasteiger partial charge is 0.109 e. The molecule has 0 N–H and O–H groups in total. The molecule has 0 aliphatic rings. The number of hydrogen-bond acceptors (Lipinski definition) is 0. The van der Waals surface area contributed by atoms with E-state index in [1.807, 2.05) is 0 Å². The predicted molar refractivity (Wildman–Crippen MR) is 219 cm³/mol. The van der Waals surface area contributed by atoms with Gasteiger partial charge in [-0.3, -0.25) is 0 Å². The van der Waals surface area contributed by atoms with Crippen molar-refractivity contribution in [1.82, 2.24) is 0 Å². The van der Waals surface area contributed by atoms with Gasteiger partial charge in [0.2, 0.25) is 0 Å². The Morgan fingerprint density at radius 1 is 0.190 bits per heavy atom. The molecule has 0 aliphatic heterocycles. The first-order valence-corrected chi connectivity index (χ1v) is 21.5. The number of halogens is 14. The maximum absolute atomic E-state index is 4.76. The summed E-state index contributed by atoms with van der Waals surface area (Å²) in [6.45, 7) is 13.5. The molecule has 0 fully saturated rings. The summed E-state index contributed by atoms with van der Waals surface area (Å²) in [5.41, 5.74) is 0. The quantitative estimate of drug-likeness (QED) is 0.135. The van der Waals surface area contributed by atoms with E-state index in [1.54, 1.807) is 0 Å². The van der Waals surface area contributed by atoms with Crippen LogP contribution in [-0.2, 0) is 0 Å². The molecule has 14 heteroatoms. The maximum Gasteiger partial charge on any atom is 0.0967 e. The van der Waals surface area contributed by atoms with Crippen LogP contribution in [-0.4, -0.2) is 37.4 Å². The van der Waals surface area contributed by atoms with E-state index in [0.29, 0.717) is 0 Å². The highest BCUT2D eigenvalue weighted by Crippen LogP contribution is 2.01. The highest BCUT2D eigenvalue weighted by atomic mass is 35.6. The average molecular weight is 895 g/mol. The minimum atomic E-state index is 0.194. The molecule has 0 aromatic heterocycles. The number of rotatable bonds is 12. The van der Waals surface area contributed by atoms with Gasteiger partial charge in [0.15, 0.2) is 0 Å². The lowest BCUT2D eigenvalue weighted by Crippen LogP contribution is -1.70. The molecule has 0 heterocycles. The Kier molecular flexibility index (Phi) is 221. The second-order valence-corrected chi connectivity index (χ2v) is 12.5. The summed E-state index contributed by atoms with van der Waals surface area (Å²) in [5.74, 6) is 0. The van der Waals surface area contributed by atoms with Crippen molar-refractivity contribution < 1.29 is 0 Å². The minimum Gasteiger partial charge on any atom is -0.109 e. The summed E-state index contributed by atoms with van der Waals surface area (Å²) in [4.78, 5) is 0. The lowest BCUT2D eigenvalue weighted by Gasteiger charge is -1.90. The molecular formula is C28H62Cl14. The number of unbranched alkanes of at least 4 members (excludes halogenated alkanes) is 12. The van der Waals surface area contributed by atoms with Crippen LogP contribution in [0, 0.1) is 0 Å².